The predicted molar refractivity (Wildman–Crippen MR) is 110 cm³/mol. The van der Waals surface area contributed by atoms with Gasteiger partial charge in [0.25, 0.3) is 0 Å². The number of ether oxygens (including phenoxy) is 2. The molecule has 0 bridgehead atoms. The van der Waals surface area contributed by atoms with Crippen LogP contribution in [0.2, 0.25) is 0 Å². The Balaban J connectivity index is 1.69. The SMILES string of the molecule is COc1cccc(CN(C)C(=O)C[C@@H]2Sc3ccc(C(F)(F)F)cc3NC2=O)c1OC. The number of carbonyl (C=O) groups is 2. The van der Waals surface area contributed by atoms with Crippen molar-refractivity contribution in [2.45, 2.75) is 29.3 Å². The molecule has 166 valence electrons. The first-order valence-electron chi connectivity index (χ1n) is 9.26. The zero-order valence-electron chi connectivity index (χ0n) is 17.1. The topological polar surface area (TPSA) is 67.9 Å². The van der Waals surface area contributed by atoms with Crippen molar-refractivity contribution in [2.24, 2.45) is 0 Å². The minimum Gasteiger partial charge on any atom is -0.493 e. The number of para-hydroxylation sites is 1. The molecule has 0 fully saturated rings. The van der Waals surface area contributed by atoms with Gasteiger partial charge in [0, 0.05) is 30.5 Å². The Labute approximate surface area is 181 Å². The first-order chi connectivity index (χ1) is 14.6. The molecule has 2 aromatic carbocycles. The van der Waals surface area contributed by atoms with Gasteiger partial charge in [0.05, 0.1) is 30.7 Å². The minimum atomic E-state index is -4.50. The third kappa shape index (κ3) is 5.07. The molecule has 1 N–H and O–H groups in total. The number of benzene rings is 2. The molecule has 0 aromatic heterocycles. The number of amides is 2. The largest absolute Gasteiger partial charge is 0.493 e. The summed E-state index contributed by atoms with van der Waals surface area (Å²) in [6, 6.07) is 8.51. The van der Waals surface area contributed by atoms with Gasteiger partial charge in [0.1, 0.15) is 0 Å². The summed E-state index contributed by atoms with van der Waals surface area (Å²) in [5, 5.41) is 1.74. The van der Waals surface area contributed by atoms with E-state index in [4.69, 9.17) is 9.47 Å². The summed E-state index contributed by atoms with van der Waals surface area (Å²) in [5.74, 6) is 0.271. The summed E-state index contributed by atoms with van der Waals surface area (Å²) in [4.78, 5) is 27.1. The van der Waals surface area contributed by atoms with Crippen LogP contribution in [0.15, 0.2) is 41.3 Å². The molecule has 31 heavy (non-hydrogen) atoms. The number of halogens is 3. The van der Waals surface area contributed by atoms with Crippen LogP contribution in [0.1, 0.15) is 17.5 Å². The van der Waals surface area contributed by atoms with Gasteiger partial charge in [-0.2, -0.15) is 13.2 Å². The molecule has 0 saturated heterocycles. The van der Waals surface area contributed by atoms with E-state index in [0.29, 0.717) is 16.4 Å². The molecule has 0 unspecified atom stereocenters. The Morgan fingerprint density at radius 3 is 2.58 bits per heavy atom. The number of hydrogen-bond donors (Lipinski definition) is 1. The highest BCUT2D eigenvalue weighted by atomic mass is 32.2. The summed E-state index contributed by atoms with van der Waals surface area (Å²) in [5.41, 5.74) is 0.000108. The van der Waals surface area contributed by atoms with Gasteiger partial charge in [-0.3, -0.25) is 9.59 Å². The van der Waals surface area contributed by atoms with Crippen LogP contribution >= 0.6 is 11.8 Å². The molecule has 1 heterocycles. The second-order valence-corrected chi connectivity index (χ2v) is 8.16. The first kappa shape index (κ1) is 22.8. The van der Waals surface area contributed by atoms with Crippen LogP contribution < -0.4 is 14.8 Å². The number of nitrogens with zero attached hydrogens (tertiary/aromatic N) is 1. The van der Waals surface area contributed by atoms with E-state index in [9.17, 15) is 22.8 Å². The molecular formula is C21H21F3N2O4S. The lowest BCUT2D eigenvalue weighted by Crippen LogP contribution is -2.35. The minimum absolute atomic E-state index is 0.0975. The summed E-state index contributed by atoms with van der Waals surface area (Å²) in [6.45, 7) is 0.240. The molecular weight excluding hydrogens is 433 g/mol. The molecule has 0 aliphatic carbocycles. The Morgan fingerprint density at radius 2 is 1.94 bits per heavy atom. The van der Waals surface area contributed by atoms with E-state index in [1.165, 1.54) is 25.2 Å². The number of nitrogens with one attached hydrogen (secondary N) is 1. The van der Waals surface area contributed by atoms with Crippen LogP contribution in [-0.4, -0.2) is 43.2 Å². The van der Waals surface area contributed by atoms with E-state index in [1.54, 1.807) is 19.2 Å². The molecule has 2 amide bonds. The van der Waals surface area contributed by atoms with Crippen LogP contribution in [0.5, 0.6) is 11.5 Å². The van der Waals surface area contributed by atoms with Crippen LogP contribution in [-0.2, 0) is 22.3 Å². The lowest BCUT2D eigenvalue weighted by atomic mass is 10.1. The van der Waals surface area contributed by atoms with E-state index in [1.807, 2.05) is 6.07 Å². The number of methoxy groups -OCH3 is 2. The lowest BCUT2D eigenvalue weighted by molar-refractivity contribution is -0.137. The highest BCUT2D eigenvalue weighted by molar-refractivity contribution is 8.01. The number of hydrogen-bond acceptors (Lipinski definition) is 5. The number of thioether (sulfide) groups is 1. The second-order valence-electron chi connectivity index (χ2n) is 6.91. The van der Waals surface area contributed by atoms with Gasteiger partial charge in [-0.1, -0.05) is 12.1 Å². The Morgan fingerprint density at radius 1 is 1.19 bits per heavy atom. The van der Waals surface area contributed by atoms with Gasteiger partial charge in [-0.15, -0.1) is 11.8 Å². The summed E-state index contributed by atoms with van der Waals surface area (Å²) in [6.07, 6.45) is -4.60. The number of rotatable bonds is 6. The molecule has 10 heteroatoms. The summed E-state index contributed by atoms with van der Waals surface area (Å²) >= 11 is 1.08. The van der Waals surface area contributed by atoms with Crippen molar-refractivity contribution in [2.75, 3.05) is 26.6 Å². The zero-order chi connectivity index (χ0) is 22.8. The van der Waals surface area contributed by atoms with E-state index in [-0.39, 0.29) is 24.6 Å². The molecule has 1 aliphatic heterocycles. The third-order valence-electron chi connectivity index (χ3n) is 4.80. The fourth-order valence-electron chi connectivity index (χ4n) is 3.20. The van der Waals surface area contributed by atoms with Crippen molar-refractivity contribution in [3.05, 3.63) is 47.5 Å². The fraction of sp³-hybridized carbons (Fsp3) is 0.333. The molecule has 0 saturated carbocycles. The smallest absolute Gasteiger partial charge is 0.416 e. The Hall–Kier alpha value is -2.88. The van der Waals surface area contributed by atoms with Crippen molar-refractivity contribution in [3.8, 4) is 11.5 Å². The molecule has 6 nitrogen and oxygen atoms in total. The Kier molecular flexibility index (Phi) is 6.68. The lowest BCUT2D eigenvalue weighted by Gasteiger charge is -2.26. The van der Waals surface area contributed by atoms with Crippen molar-refractivity contribution in [3.63, 3.8) is 0 Å². The fourth-order valence-corrected chi connectivity index (χ4v) is 4.28. The maximum atomic E-state index is 12.9. The van der Waals surface area contributed by atoms with Crippen LogP contribution in [0.25, 0.3) is 0 Å². The molecule has 0 spiro atoms. The van der Waals surface area contributed by atoms with Crippen molar-refractivity contribution >= 4 is 29.3 Å². The van der Waals surface area contributed by atoms with Crippen molar-refractivity contribution in [1.82, 2.24) is 4.90 Å². The van der Waals surface area contributed by atoms with E-state index in [0.717, 1.165) is 29.5 Å². The average molecular weight is 454 g/mol. The van der Waals surface area contributed by atoms with Gasteiger partial charge in [0.15, 0.2) is 11.5 Å². The van der Waals surface area contributed by atoms with Crippen molar-refractivity contribution in [1.29, 1.82) is 0 Å². The normalized spacial score (nSPS) is 15.7. The van der Waals surface area contributed by atoms with Crippen LogP contribution in [0, 0.1) is 0 Å². The first-order valence-corrected chi connectivity index (χ1v) is 10.1. The predicted octanol–water partition coefficient (Wildman–Crippen LogP) is 4.18. The highest BCUT2D eigenvalue weighted by Crippen LogP contribution is 2.41. The summed E-state index contributed by atoms with van der Waals surface area (Å²) in [7, 11) is 4.63. The molecule has 0 radical (unpaired) electrons. The van der Waals surface area contributed by atoms with Crippen LogP contribution in [0.4, 0.5) is 18.9 Å². The van der Waals surface area contributed by atoms with Gasteiger partial charge in [-0.05, 0) is 24.3 Å². The van der Waals surface area contributed by atoms with Gasteiger partial charge in [0.2, 0.25) is 11.8 Å². The summed E-state index contributed by atoms with van der Waals surface area (Å²) < 4.78 is 49.3. The Bertz CT molecular complexity index is 997. The average Bonchev–Trinajstić information content (AvgIpc) is 2.72. The molecule has 1 atom stereocenters. The van der Waals surface area contributed by atoms with E-state index < -0.39 is 22.9 Å². The van der Waals surface area contributed by atoms with Gasteiger partial charge in [-0.25, -0.2) is 0 Å². The molecule has 2 aromatic rings. The quantitative estimate of drug-likeness (QED) is 0.709. The van der Waals surface area contributed by atoms with Gasteiger partial charge < -0.3 is 19.7 Å². The monoisotopic (exact) mass is 454 g/mol. The number of fused-ring (bicyclic) bond motifs is 1. The second kappa shape index (κ2) is 9.09. The van der Waals surface area contributed by atoms with Crippen LogP contribution in [0.3, 0.4) is 0 Å². The van der Waals surface area contributed by atoms with Crippen molar-refractivity contribution < 1.29 is 32.2 Å². The molecule has 1 aliphatic rings. The van der Waals surface area contributed by atoms with Gasteiger partial charge >= 0.3 is 6.18 Å². The zero-order valence-corrected chi connectivity index (χ0v) is 17.9. The standard InChI is InChI=1S/C21H21F3N2O4S/c1-26(11-12-5-4-6-15(29-2)19(12)30-3)18(27)10-17-20(28)25-14-9-13(21(22,23)24)7-8-16(14)31-17/h4-9,17H,10-11H2,1-3H3,(H,25,28)/t17-/m0/s1. The van der Waals surface area contributed by atoms with E-state index in [2.05, 4.69) is 5.32 Å². The highest BCUT2D eigenvalue weighted by Gasteiger charge is 2.34. The van der Waals surface area contributed by atoms with E-state index >= 15 is 0 Å². The maximum Gasteiger partial charge on any atom is 0.416 e. The number of carbonyl (C=O) groups excluding carboxylic acids is 2. The third-order valence-corrected chi connectivity index (χ3v) is 6.08. The number of anilines is 1. The maximum absolute atomic E-state index is 12.9. The number of alkyl halides is 3. The molecule has 3 rings (SSSR count).